The van der Waals surface area contributed by atoms with E-state index in [2.05, 4.69) is 12.2 Å². The van der Waals surface area contributed by atoms with Gasteiger partial charge in [-0.25, -0.2) is 0 Å². The van der Waals surface area contributed by atoms with Gasteiger partial charge in [0.1, 0.15) is 6.10 Å². The Hall–Kier alpha value is -0.790. The van der Waals surface area contributed by atoms with Gasteiger partial charge in [0.05, 0.1) is 0 Å². The van der Waals surface area contributed by atoms with Crippen molar-refractivity contribution in [1.82, 2.24) is 0 Å². The summed E-state index contributed by atoms with van der Waals surface area (Å²) in [6, 6.07) is 0. The van der Waals surface area contributed by atoms with Crippen LogP contribution in [0.5, 0.6) is 0 Å². The molecule has 2 saturated carbocycles. The van der Waals surface area contributed by atoms with Gasteiger partial charge in [0.25, 0.3) is 0 Å². The lowest BCUT2D eigenvalue weighted by Gasteiger charge is -2.45. The first kappa shape index (κ1) is 12.3. The maximum Gasteiger partial charge on any atom is 0.306 e. The number of fused-ring (bicyclic) bond motifs is 3. The summed E-state index contributed by atoms with van der Waals surface area (Å²) in [6.07, 6.45) is 13.9. The minimum atomic E-state index is 0.0236. The molecule has 2 fully saturated rings. The highest BCUT2D eigenvalue weighted by atomic mass is 16.5. The number of hydrogen-bond acceptors (Lipinski definition) is 2. The third-order valence-electron chi connectivity index (χ3n) is 5.28. The van der Waals surface area contributed by atoms with Crippen LogP contribution in [0.25, 0.3) is 0 Å². The van der Waals surface area contributed by atoms with Crippen LogP contribution in [-0.2, 0) is 9.53 Å². The first-order chi connectivity index (χ1) is 8.74. The van der Waals surface area contributed by atoms with E-state index in [1.54, 1.807) is 0 Å². The minimum Gasteiger partial charge on any atom is -0.462 e. The van der Waals surface area contributed by atoms with E-state index >= 15 is 0 Å². The van der Waals surface area contributed by atoms with Gasteiger partial charge in [-0.1, -0.05) is 25.5 Å². The fraction of sp³-hybridized carbons (Fsp3) is 0.812. The van der Waals surface area contributed by atoms with Crippen LogP contribution in [0, 0.1) is 17.3 Å². The average Bonchev–Trinajstić information content (AvgIpc) is 2.93. The van der Waals surface area contributed by atoms with Crippen molar-refractivity contribution in [2.24, 2.45) is 17.3 Å². The number of carbonyl (C=O) groups excluding carboxylic acids is 1. The zero-order chi connectivity index (χ0) is 12.6. The third kappa shape index (κ3) is 1.90. The van der Waals surface area contributed by atoms with Gasteiger partial charge in [0.15, 0.2) is 0 Å². The smallest absolute Gasteiger partial charge is 0.306 e. The van der Waals surface area contributed by atoms with Gasteiger partial charge in [-0.05, 0) is 50.4 Å². The molecule has 3 aliphatic carbocycles. The van der Waals surface area contributed by atoms with Crippen molar-refractivity contribution in [2.75, 3.05) is 0 Å². The van der Waals surface area contributed by atoms with Gasteiger partial charge in [0, 0.05) is 11.8 Å². The van der Waals surface area contributed by atoms with Crippen molar-refractivity contribution in [3.8, 4) is 0 Å². The molecule has 0 aromatic carbocycles. The predicted molar refractivity (Wildman–Crippen MR) is 71.0 cm³/mol. The number of ether oxygens (including phenoxy) is 1. The number of esters is 1. The second-order valence-electron chi connectivity index (χ2n) is 6.40. The molecular formula is C16H24O2. The maximum absolute atomic E-state index is 11.8. The van der Waals surface area contributed by atoms with E-state index < -0.39 is 0 Å². The van der Waals surface area contributed by atoms with Crippen LogP contribution in [-0.4, -0.2) is 12.1 Å². The van der Waals surface area contributed by atoms with Crippen molar-refractivity contribution in [3.05, 3.63) is 12.2 Å². The summed E-state index contributed by atoms with van der Waals surface area (Å²) in [5.41, 5.74) is 0.307. The second-order valence-corrected chi connectivity index (χ2v) is 6.40. The maximum atomic E-state index is 11.8. The van der Waals surface area contributed by atoms with Crippen LogP contribution in [0.3, 0.4) is 0 Å². The molecule has 0 radical (unpaired) electrons. The highest BCUT2D eigenvalue weighted by Gasteiger charge is 2.54. The van der Waals surface area contributed by atoms with Crippen molar-refractivity contribution in [3.63, 3.8) is 0 Å². The molecule has 100 valence electrons. The Balaban J connectivity index is 1.75. The Bertz CT molecular complexity index is 360. The zero-order valence-corrected chi connectivity index (χ0v) is 11.4. The van der Waals surface area contributed by atoms with E-state index in [4.69, 9.17) is 4.74 Å². The van der Waals surface area contributed by atoms with Gasteiger partial charge in [-0.15, -0.1) is 0 Å². The van der Waals surface area contributed by atoms with Crippen LogP contribution in [0.1, 0.15) is 58.3 Å². The zero-order valence-electron chi connectivity index (χ0n) is 11.4. The van der Waals surface area contributed by atoms with Crippen molar-refractivity contribution in [2.45, 2.75) is 64.4 Å². The molecule has 3 rings (SSSR count). The number of carbonyl (C=O) groups is 1. The molecule has 18 heavy (non-hydrogen) atoms. The molecular weight excluding hydrogens is 224 g/mol. The predicted octanol–water partition coefficient (Wildman–Crippen LogP) is 3.85. The Kier molecular flexibility index (Phi) is 3.21. The molecule has 0 aliphatic heterocycles. The van der Waals surface area contributed by atoms with Gasteiger partial charge >= 0.3 is 5.97 Å². The van der Waals surface area contributed by atoms with Gasteiger partial charge < -0.3 is 4.74 Å². The molecule has 0 saturated heterocycles. The summed E-state index contributed by atoms with van der Waals surface area (Å²) in [7, 11) is 0. The quantitative estimate of drug-likeness (QED) is 0.560. The topological polar surface area (TPSA) is 26.3 Å². The van der Waals surface area contributed by atoms with E-state index in [-0.39, 0.29) is 12.1 Å². The molecule has 3 aliphatic rings. The Morgan fingerprint density at radius 3 is 2.94 bits per heavy atom. The van der Waals surface area contributed by atoms with Crippen molar-refractivity contribution < 1.29 is 9.53 Å². The first-order valence-electron chi connectivity index (χ1n) is 7.62. The standard InChI is InChI=1S/C16H24O2/c1-2-5-15(17)18-14-6-3-4-9-16(14)11-12-7-8-13(16)10-12/h7-8,12-14H,2-6,9-11H2,1H3. The van der Waals surface area contributed by atoms with Crippen molar-refractivity contribution >= 4 is 5.97 Å². The third-order valence-corrected chi connectivity index (χ3v) is 5.28. The highest BCUT2D eigenvalue weighted by Crippen LogP contribution is 2.59. The summed E-state index contributed by atoms with van der Waals surface area (Å²) >= 11 is 0. The SMILES string of the molecule is CCCC(=O)OC1CCCCC12CC1C=CC2C1. The van der Waals surface area contributed by atoms with E-state index in [1.807, 2.05) is 6.92 Å². The van der Waals surface area contributed by atoms with E-state index in [1.165, 1.54) is 32.1 Å². The Morgan fingerprint density at radius 2 is 2.28 bits per heavy atom. The van der Waals surface area contributed by atoms with E-state index in [0.717, 1.165) is 18.8 Å². The van der Waals surface area contributed by atoms with Gasteiger partial charge in [0.2, 0.25) is 0 Å². The average molecular weight is 248 g/mol. The molecule has 0 heterocycles. The summed E-state index contributed by atoms with van der Waals surface area (Å²) in [4.78, 5) is 11.8. The monoisotopic (exact) mass is 248 g/mol. The summed E-state index contributed by atoms with van der Waals surface area (Å²) < 4.78 is 5.85. The number of hydrogen-bond donors (Lipinski definition) is 0. The van der Waals surface area contributed by atoms with Crippen LogP contribution in [0.15, 0.2) is 12.2 Å². The molecule has 1 spiro atoms. The lowest BCUT2D eigenvalue weighted by Crippen LogP contribution is -2.44. The molecule has 2 heteroatoms. The molecule has 4 atom stereocenters. The molecule has 2 nitrogen and oxygen atoms in total. The Labute approximate surface area is 110 Å². The highest BCUT2D eigenvalue weighted by molar-refractivity contribution is 5.69. The van der Waals surface area contributed by atoms with Crippen LogP contribution < -0.4 is 0 Å². The van der Waals surface area contributed by atoms with Gasteiger partial charge in [-0.3, -0.25) is 4.79 Å². The van der Waals surface area contributed by atoms with Crippen LogP contribution in [0.4, 0.5) is 0 Å². The minimum absolute atomic E-state index is 0.0236. The summed E-state index contributed by atoms with van der Waals surface area (Å²) in [6.45, 7) is 2.04. The van der Waals surface area contributed by atoms with Crippen molar-refractivity contribution in [1.29, 1.82) is 0 Å². The fourth-order valence-electron chi connectivity index (χ4n) is 4.48. The second kappa shape index (κ2) is 4.71. The molecule has 0 amide bonds. The van der Waals surface area contributed by atoms with Crippen LogP contribution >= 0.6 is 0 Å². The normalized spacial score (nSPS) is 41.5. The van der Waals surface area contributed by atoms with E-state index in [0.29, 0.717) is 17.8 Å². The number of allylic oxidation sites excluding steroid dienone is 2. The molecule has 0 aromatic rings. The summed E-state index contributed by atoms with van der Waals surface area (Å²) in [5.74, 6) is 1.47. The first-order valence-corrected chi connectivity index (χ1v) is 7.62. The lowest BCUT2D eigenvalue weighted by molar-refractivity contribution is -0.162. The Morgan fingerprint density at radius 1 is 1.39 bits per heavy atom. The van der Waals surface area contributed by atoms with Gasteiger partial charge in [-0.2, -0.15) is 0 Å². The largest absolute Gasteiger partial charge is 0.462 e. The molecule has 4 unspecified atom stereocenters. The van der Waals surface area contributed by atoms with E-state index in [9.17, 15) is 4.79 Å². The summed E-state index contributed by atoms with van der Waals surface area (Å²) in [5, 5.41) is 0. The fourth-order valence-corrected chi connectivity index (χ4v) is 4.48. The number of rotatable bonds is 3. The molecule has 0 N–H and O–H groups in total. The molecule has 2 bridgehead atoms. The van der Waals surface area contributed by atoms with Crippen LogP contribution in [0.2, 0.25) is 0 Å². The lowest BCUT2D eigenvalue weighted by atomic mass is 9.64. The molecule has 0 aromatic heterocycles.